The molecule has 1 rings (SSSR count). The molecule has 1 aliphatic heterocycles. The monoisotopic (exact) mass is 214 g/mol. The fourth-order valence-corrected chi connectivity index (χ4v) is 1.53. The number of carbonyl (C=O) groups excluding carboxylic acids is 2. The highest BCUT2D eigenvalue weighted by Crippen LogP contribution is 2.06. The van der Waals surface area contributed by atoms with Crippen LogP contribution in [0.3, 0.4) is 0 Å². The first-order chi connectivity index (χ1) is 7.16. The summed E-state index contributed by atoms with van der Waals surface area (Å²) in [6.07, 6.45) is 0. The first kappa shape index (κ1) is 12.0. The third kappa shape index (κ3) is 3.20. The van der Waals surface area contributed by atoms with Gasteiger partial charge in [0.25, 0.3) is 0 Å². The van der Waals surface area contributed by atoms with Crippen LogP contribution in [0.1, 0.15) is 13.8 Å². The number of carbonyl (C=O) groups is 2. The summed E-state index contributed by atoms with van der Waals surface area (Å²) in [5, 5.41) is 3.15. The number of amides is 1. The number of esters is 1. The highest BCUT2D eigenvalue weighted by Gasteiger charge is 2.28. The van der Waals surface area contributed by atoms with Crippen LogP contribution in [0.25, 0.3) is 0 Å². The van der Waals surface area contributed by atoms with Gasteiger partial charge in [0.2, 0.25) is 5.91 Å². The summed E-state index contributed by atoms with van der Waals surface area (Å²) in [5.41, 5.74) is 0. The van der Waals surface area contributed by atoms with Crippen LogP contribution in [-0.4, -0.2) is 49.6 Å². The summed E-state index contributed by atoms with van der Waals surface area (Å²) in [6.45, 7) is 6.58. The van der Waals surface area contributed by atoms with Crippen LogP contribution in [0.4, 0.5) is 0 Å². The largest absolute Gasteiger partial charge is 0.465 e. The van der Waals surface area contributed by atoms with E-state index in [0.29, 0.717) is 19.7 Å². The summed E-state index contributed by atoms with van der Waals surface area (Å²) in [6, 6.07) is 0. The predicted octanol–water partition coefficient (Wildman–Crippen LogP) is -0.383. The van der Waals surface area contributed by atoms with E-state index in [4.69, 9.17) is 4.74 Å². The minimum Gasteiger partial charge on any atom is -0.465 e. The van der Waals surface area contributed by atoms with Gasteiger partial charge in [0.1, 0.15) is 5.92 Å². The minimum atomic E-state index is -0.678. The molecule has 86 valence electrons. The molecular formula is C10H18N2O3. The van der Waals surface area contributed by atoms with E-state index in [1.54, 1.807) is 18.7 Å². The van der Waals surface area contributed by atoms with Crippen molar-refractivity contribution >= 4 is 11.9 Å². The van der Waals surface area contributed by atoms with E-state index in [1.807, 2.05) is 0 Å². The zero-order valence-electron chi connectivity index (χ0n) is 9.28. The van der Waals surface area contributed by atoms with Gasteiger partial charge in [-0.3, -0.25) is 9.59 Å². The summed E-state index contributed by atoms with van der Waals surface area (Å²) >= 11 is 0. The number of piperazine rings is 1. The molecule has 5 nitrogen and oxygen atoms in total. The molecule has 5 heteroatoms. The van der Waals surface area contributed by atoms with Crippen molar-refractivity contribution in [3.8, 4) is 0 Å². The fourth-order valence-electron chi connectivity index (χ4n) is 1.53. The Labute approximate surface area is 89.8 Å². The molecule has 1 unspecified atom stereocenters. The van der Waals surface area contributed by atoms with Crippen molar-refractivity contribution in [1.29, 1.82) is 0 Å². The maximum atomic E-state index is 11.8. The molecule has 1 atom stereocenters. The molecule has 1 saturated heterocycles. The number of nitrogens with one attached hydrogen (secondary N) is 1. The topological polar surface area (TPSA) is 58.6 Å². The van der Waals surface area contributed by atoms with Crippen LogP contribution < -0.4 is 5.32 Å². The quantitative estimate of drug-likeness (QED) is 0.514. The number of hydrogen-bond donors (Lipinski definition) is 1. The van der Waals surface area contributed by atoms with Gasteiger partial charge in [0.15, 0.2) is 0 Å². The second kappa shape index (κ2) is 5.70. The van der Waals surface area contributed by atoms with Crippen molar-refractivity contribution in [2.75, 3.05) is 32.8 Å². The van der Waals surface area contributed by atoms with Crippen molar-refractivity contribution in [1.82, 2.24) is 10.2 Å². The van der Waals surface area contributed by atoms with Gasteiger partial charge in [-0.05, 0) is 13.8 Å². The average molecular weight is 214 g/mol. The first-order valence-corrected chi connectivity index (χ1v) is 5.33. The van der Waals surface area contributed by atoms with E-state index in [1.165, 1.54) is 0 Å². The smallest absolute Gasteiger partial charge is 0.318 e. The maximum Gasteiger partial charge on any atom is 0.318 e. The Morgan fingerprint density at radius 2 is 2.00 bits per heavy atom. The third-order valence-corrected chi connectivity index (χ3v) is 2.44. The molecule has 1 aliphatic rings. The van der Waals surface area contributed by atoms with Gasteiger partial charge in [-0.25, -0.2) is 0 Å². The van der Waals surface area contributed by atoms with Crippen LogP contribution in [0, 0.1) is 5.92 Å². The fraction of sp³-hybridized carbons (Fsp3) is 0.800. The van der Waals surface area contributed by atoms with Gasteiger partial charge in [0.05, 0.1) is 6.61 Å². The minimum absolute atomic E-state index is 0.130. The first-order valence-electron chi connectivity index (χ1n) is 5.33. The average Bonchev–Trinajstić information content (AvgIpc) is 2.28. The predicted molar refractivity (Wildman–Crippen MR) is 55.2 cm³/mol. The lowest BCUT2D eigenvalue weighted by atomic mass is 10.1. The Kier molecular flexibility index (Phi) is 4.55. The molecule has 0 saturated carbocycles. The third-order valence-electron chi connectivity index (χ3n) is 2.44. The van der Waals surface area contributed by atoms with Crippen molar-refractivity contribution in [3.63, 3.8) is 0 Å². The molecule has 1 fully saturated rings. The Hall–Kier alpha value is -1.10. The van der Waals surface area contributed by atoms with Crippen molar-refractivity contribution in [2.24, 2.45) is 5.92 Å². The van der Waals surface area contributed by atoms with Gasteiger partial charge in [-0.15, -0.1) is 0 Å². The second-order valence-corrected chi connectivity index (χ2v) is 3.55. The molecule has 0 radical (unpaired) electrons. The van der Waals surface area contributed by atoms with Crippen LogP contribution in [0.5, 0.6) is 0 Å². The van der Waals surface area contributed by atoms with Crippen molar-refractivity contribution in [2.45, 2.75) is 13.8 Å². The second-order valence-electron chi connectivity index (χ2n) is 3.55. The maximum absolute atomic E-state index is 11.8. The molecule has 15 heavy (non-hydrogen) atoms. The van der Waals surface area contributed by atoms with E-state index in [0.717, 1.165) is 13.1 Å². The van der Waals surface area contributed by atoms with Gasteiger partial charge < -0.3 is 15.0 Å². The van der Waals surface area contributed by atoms with E-state index in [-0.39, 0.29) is 5.91 Å². The van der Waals surface area contributed by atoms with Crippen LogP contribution in [0.2, 0.25) is 0 Å². The molecule has 0 aliphatic carbocycles. The lowest BCUT2D eigenvalue weighted by molar-refractivity contribution is -0.154. The Morgan fingerprint density at radius 3 is 2.53 bits per heavy atom. The molecule has 1 N–H and O–H groups in total. The highest BCUT2D eigenvalue weighted by atomic mass is 16.5. The van der Waals surface area contributed by atoms with Gasteiger partial charge >= 0.3 is 5.97 Å². The normalized spacial score (nSPS) is 18.4. The molecule has 0 aromatic heterocycles. The zero-order valence-corrected chi connectivity index (χ0v) is 9.28. The highest BCUT2D eigenvalue weighted by molar-refractivity contribution is 5.97. The standard InChI is InChI=1S/C10H18N2O3/c1-3-15-10(14)8(2)9(13)12-6-4-11-5-7-12/h8,11H,3-7H2,1-2H3. The van der Waals surface area contributed by atoms with Crippen LogP contribution in [-0.2, 0) is 14.3 Å². The summed E-state index contributed by atoms with van der Waals surface area (Å²) in [5.74, 6) is -1.24. The Bertz CT molecular complexity index is 237. The van der Waals surface area contributed by atoms with E-state index >= 15 is 0 Å². The Balaban J connectivity index is 2.47. The zero-order chi connectivity index (χ0) is 11.3. The number of hydrogen-bond acceptors (Lipinski definition) is 4. The van der Waals surface area contributed by atoms with E-state index in [2.05, 4.69) is 5.32 Å². The Morgan fingerprint density at radius 1 is 1.40 bits per heavy atom. The number of ether oxygens (including phenoxy) is 1. The summed E-state index contributed by atoms with van der Waals surface area (Å²) < 4.78 is 4.81. The summed E-state index contributed by atoms with van der Waals surface area (Å²) in [7, 11) is 0. The van der Waals surface area contributed by atoms with Gasteiger partial charge in [-0.1, -0.05) is 0 Å². The molecule has 1 amide bonds. The molecule has 0 bridgehead atoms. The number of rotatable bonds is 3. The molecule has 0 spiro atoms. The van der Waals surface area contributed by atoms with E-state index < -0.39 is 11.9 Å². The van der Waals surface area contributed by atoms with Gasteiger partial charge in [-0.2, -0.15) is 0 Å². The lowest BCUT2D eigenvalue weighted by Crippen LogP contribution is -2.49. The van der Waals surface area contributed by atoms with Crippen molar-refractivity contribution < 1.29 is 14.3 Å². The van der Waals surface area contributed by atoms with Crippen molar-refractivity contribution in [3.05, 3.63) is 0 Å². The summed E-state index contributed by atoms with van der Waals surface area (Å²) in [4.78, 5) is 24.9. The molecular weight excluding hydrogens is 196 g/mol. The lowest BCUT2D eigenvalue weighted by Gasteiger charge is -2.29. The van der Waals surface area contributed by atoms with Gasteiger partial charge in [0, 0.05) is 26.2 Å². The van der Waals surface area contributed by atoms with E-state index in [9.17, 15) is 9.59 Å². The number of nitrogens with zero attached hydrogens (tertiary/aromatic N) is 1. The molecule has 1 heterocycles. The van der Waals surface area contributed by atoms with Crippen LogP contribution in [0.15, 0.2) is 0 Å². The SMILES string of the molecule is CCOC(=O)C(C)C(=O)N1CCNCC1. The molecule has 0 aromatic carbocycles. The molecule has 0 aromatic rings. The van der Waals surface area contributed by atoms with Crippen LogP contribution >= 0.6 is 0 Å².